The molecule has 4 nitrogen and oxygen atoms in total. The minimum absolute atomic E-state index is 0.0562. The Hall–Kier alpha value is -2.16. The van der Waals surface area contributed by atoms with Gasteiger partial charge in [0.1, 0.15) is 0 Å². The highest BCUT2D eigenvalue weighted by Crippen LogP contribution is 2.34. The van der Waals surface area contributed by atoms with E-state index in [0.717, 1.165) is 24.0 Å². The van der Waals surface area contributed by atoms with Gasteiger partial charge >= 0.3 is 0 Å². The molecule has 0 heterocycles. The Balaban J connectivity index is 2.00. The van der Waals surface area contributed by atoms with Gasteiger partial charge in [0.15, 0.2) is 0 Å². The van der Waals surface area contributed by atoms with E-state index >= 15 is 0 Å². The molecule has 0 aliphatic heterocycles. The Morgan fingerprint density at radius 1 is 1.17 bits per heavy atom. The summed E-state index contributed by atoms with van der Waals surface area (Å²) in [6, 6.07) is 14.8. The van der Waals surface area contributed by atoms with E-state index in [1.807, 2.05) is 37.3 Å². The second-order valence-electron chi connectivity index (χ2n) is 6.36. The number of benzene rings is 2. The first-order valence-electron chi connectivity index (χ1n) is 8.00. The maximum atomic E-state index is 13.2. The van der Waals surface area contributed by atoms with Crippen molar-refractivity contribution in [2.45, 2.75) is 44.2 Å². The third-order valence-corrected chi connectivity index (χ3v) is 6.32. The van der Waals surface area contributed by atoms with Crippen molar-refractivity contribution < 1.29 is 8.42 Å². The van der Waals surface area contributed by atoms with Crippen molar-refractivity contribution in [3.8, 4) is 6.07 Å². The first-order valence-corrected chi connectivity index (χ1v) is 9.44. The lowest BCUT2D eigenvalue weighted by Gasteiger charge is -2.23. The van der Waals surface area contributed by atoms with Gasteiger partial charge in [0, 0.05) is 12.6 Å². The molecule has 0 bridgehead atoms. The molecular weight excluding hydrogens is 320 g/mol. The molecule has 3 rings (SSSR count). The summed E-state index contributed by atoms with van der Waals surface area (Å²) in [7, 11) is -3.63. The average Bonchev–Trinajstić information content (AvgIpc) is 3.37. The molecule has 1 fully saturated rings. The highest BCUT2D eigenvalue weighted by Gasteiger charge is 2.38. The zero-order valence-corrected chi connectivity index (χ0v) is 14.7. The van der Waals surface area contributed by atoms with Crippen LogP contribution in [-0.4, -0.2) is 18.8 Å². The first-order chi connectivity index (χ1) is 11.4. The van der Waals surface area contributed by atoms with E-state index in [1.165, 1.54) is 6.07 Å². The van der Waals surface area contributed by atoms with Gasteiger partial charge in [-0.05, 0) is 49.9 Å². The highest BCUT2D eigenvalue weighted by molar-refractivity contribution is 7.89. The third-order valence-electron chi connectivity index (χ3n) is 4.28. The standard InChI is InChI=1S/C19H20N2O2S/c1-14-4-3-5-17(10-14)13-21(18-8-9-18)24(22,23)19-11-16(12-20)7-6-15(19)2/h3-7,10-11,18H,8-9,13H2,1-2H3. The van der Waals surface area contributed by atoms with Crippen LogP contribution in [0.4, 0.5) is 0 Å². The summed E-state index contributed by atoms with van der Waals surface area (Å²) in [5.41, 5.74) is 3.14. The van der Waals surface area contributed by atoms with Crippen LogP contribution in [0, 0.1) is 25.2 Å². The van der Waals surface area contributed by atoms with Gasteiger partial charge in [-0.15, -0.1) is 0 Å². The molecule has 0 amide bonds. The topological polar surface area (TPSA) is 61.2 Å². The number of rotatable bonds is 5. The first kappa shape index (κ1) is 16.7. The predicted molar refractivity (Wildman–Crippen MR) is 92.8 cm³/mol. The van der Waals surface area contributed by atoms with Gasteiger partial charge in [-0.2, -0.15) is 9.57 Å². The zero-order chi connectivity index (χ0) is 17.3. The van der Waals surface area contributed by atoms with Gasteiger partial charge in [0.2, 0.25) is 10.0 Å². The van der Waals surface area contributed by atoms with Crippen molar-refractivity contribution in [1.82, 2.24) is 4.31 Å². The van der Waals surface area contributed by atoms with E-state index in [0.29, 0.717) is 17.7 Å². The number of nitrogens with zero attached hydrogens (tertiary/aromatic N) is 2. The van der Waals surface area contributed by atoms with Gasteiger partial charge in [0.05, 0.1) is 16.5 Å². The average molecular weight is 340 g/mol. The largest absolute Gasteiger partial charge is 0.243 e. The summed E-state index contributed by atoms with van der Waals surface area (Å²) < 4.78 is 28.0. The SMILES string of the molecule is Cc1cccc(CN(C2CC2)S(=O)(=O)c2cc(C#N)ccc2C)c1. The highest BCUT2D eigenvalue weighted by atomic mass is 32.2. The summed E-state index contributed by atoms with van der Waals surface area (Å²) in [5.74, 6) is 0. The Morgan fingerprint density at radius 2 is 1.92 bits per heavy atom. The normalized spacial score (nSPS) is 14.6. The summed E-state index contributed by atoms with van der Waals surface area (Å²) in [6.45, 7) is 4.14. The molecule has 1 aliphatic rings. The van der Waals surface area contributed by atoms with Gasteiger partial charge in [-0.25, -0.2) is 8.42 Å². The second kappa shape index (κ2) is 6.39. The molecule has 124 valence electrons. The fraction of sp³-hybridized carbons (Fsp3) is 0.316. The smallest absolute Gasteiger partial charge is 0.207 e. The summed E-state index contributed by atoms with van der Waals surface area (Å²) >= 11 is 0. The third kappa shape index (κ3) is 3.35. The van der Waals surface area contributed by atoms with Crippen LogP contribution in [0.25, 0.3) is 0 Å². The zero-order valence-electron chi connectivity index (χ0n) is 13.9. The molecule has 0 N–H and O–H groups in total. The van der Waals surface area contributed by atoms with Crippen LogP contribution < -0.4 is 0 Å². The van der Waals surface area contributed by atoms with Crippen LogP contribution in [0.1, 0.15) is 35.1 Å². The molecule has 0 aromatic heterocycles. The number of aryl methyl sites for hydroxylation is 2. The molecule has 0 saturated heterocycles. The predicted octanol–water partition coefficient (Wildman–Crippen LogP) is 3.53. The van der Waals surface area contributed by atoms with Crippen LogP contribution >= 0.6 is 0 Å². The molecular formula is C19H20N2O2S. The van der Waals surface area contributed by atoms with E-state index in [1.54, 1.807) is 23.4 Å². The Morgan fingerprint density at radius 3 is 2.54 bits per heavy atom. The second-order valence-corrected chi connectivity index (χ2v) is 8.22. The van der Waals surface area contributed by atoms with Crippen LogP contribution in [-0.2, 0) is 16.6 Å². The molecule has 0 atom stereocenters. The monoisotopic (exact) mass is 340 g/mol. The Labute approximate surface area is 143 Å². The Bertz CT molecular complexity index is 909. The molecule has 2 aromatic carbocycles. The summed E-state index contributed by atoms with van der Waals surface area (Å²) in [5, 5.41) is 9.09. The number of sulfonamides is 1. The molecule has 2 aromatic rings. The van der Waals surface area contributed by atoms with Gasteiger partial charge in [-0.1, -0.05) is 35.9 Å². The van der Waals surface area contributed by atoms with E-state index in [-0.39, 0.29) is 10.9 Å². The molecule has 0 unspecified atom stereocenters. The van der Waals surface area contributed by atoms with Crippen molar-refractivity contribution in [3.05, 3.63) is 64.7 Å². The molecule has 5 heteroatoms. The van der Waals surface area contributed by atoms with Crippen LogP contribution in [0.3, 0.4) is 0 Å². The lowest BCUT2D eigenvalue weighted by molar-refractivity contribution is 0.398. The van der Waals surface area contributed by atoms with Crippen molar-refractivity contribution in [3.63, 3.8) is 0 Å². The minimum Gasteiger partial charge on any atom is -0.207 e. The maximum Gasteiger partial charge on any atom is 0.243 e. The van der Waals surface area contributed by atoms with Crippen molar-refractivity contribution in [2.24, 2.45) is 0 Å². The van der Waals surface area contributed by atoms with Crippen LogP contribution in [0.2, 0.25) is 0 Å². The molecule has 1 aliphatic carbocycles. The minimum atomic E-state index is -3.63. The van der Waals surface area contributed by atoms with E-state index in [9.17, 15) is 8.42 Å². The molecule has 1 saturated carbocycles. The van der Waals surface area contributed by atoms with Crippen LogP contribution in [0.15, 0.2) is 47.4 Å². The number of nitriles is 1. The van der Waals surface area contributed by atoms with E-state index in [4.69, 9.17) is 5.26 Å². The van der Waals surface area contributed by atoms with Gasteiger partial charge in [-0.3, -0.25) is 0 Å². The van der Waals surface area contributed by atoms with E-state index in [2.05, 4.69) is 0 Å². The van der Waals surface area contributed by atoms with Gasteiger partial charge < -0.3 is 0 Å². The summed E-state index contributed by atoms with van der Waals surface area (Å²) in [6.07, 6.45) is 1.78. The number of hydrogen-bond acceptors (Lipinski definition) is 3. The fourth-order valence-corrected chi connectivity index (χ4v) is 4.76. The van der Waals surface area contributed by atoms with Crippen molar-refractivity contribution in [1.29, 1.82) is 5.26 Å². The molecule has 24 heavy (non-hydrogen) atoms. The van der Waals surface area contributed by atoms with Crippen molar-refractivity contribution >= 4 is 10.0 Å². The summed E-state index contributed by atoms with van der Waals surface area (Å²) in [4.78, 5) is 0.237. The maximum absolute atomic E-state index is 13.2. The number of hydrogen-bond donors (Lipinski definition) is 0. The van der Waals surface area contributed by atoms with Crippen molar-refractivity contribution in [2.75, 3.05) is 0 Å². The van der Waals surface area contributed by atoms with E-state index < -0.39 is 10.0 Å². The lowest BCUT2D eigenvalue weighted by Crippen LogP contribution is -2.33. The van der Waals surface area contributed by atoms with Crippen LogP contribution in [0.5, 0.6) is 0 Å². The lowest BCUT2D eigenvalue weighted by atomic mass is 10.1. The molecule has 0 radical (unpaired) electrons. The Kier molecular flexibility index (Phi) is 4.44. The fourth-order valence-electron chi connectivity index (χ4n) is 2.84. The quantitative estimate of drug-likeness (QED) is 0.836. The van der Waals surface area contributed by atoms with Gasteiger partial charge in [0.25, 0.3) is 0 Å². The molecule has 0 spiro atoms.